The molecule has 2 N–H and O–H groups in total. The van der Waals surface area contributed by atoms with Crippen LogP contribution in [0.1, 0.15) is 37.7 Å². The fourth-order valence-electron chi connectivity index (χ4n) is 3.18. The molecule has 0 heterocycles. The molecule has 5 heteroatoms. The second kappa shape index (κ2) is 5.38. The van der Waals surface area contributed by atoms with Crippen molar-refractivity contribution in [1.29, 1.82) is 0 Å². The van der Waals surface area contributed by atoms with Crippen molar-refractivity contribution in [2.24, 2.45) is 10.8 Å². The average Bonchev–Trinajstić information content (AvgIpc) is 3.21. The van der Waals surface area contributed by atoms with E-state index in [1.54, 1.807) is 6.07 Å². The Morgan fingerprint density at radius 1 is 1.18 bits per heavy atom. The van der Waals surface area contributed by atoms with Crippen LogP contribution in [0.4, 0.5) is 4.39 Å². The highest BCUT2D eigenvalue weighted by atomic mass is 19.1. The number of benzene rings is 1. The summed E-state index contributed by atoms with van der Waals surface area (Å²) in [6.45, 7) is 0.200. The summed E-state index contributed by atoms with van der Waals surface area (Å²) in [4.78, 5) is 23.7. The van der Waals surface area contributed by atoms with Gasteiger partial charge in [-0.2, -0.15) is 0 Å². The predicted molar refractivity (Wildman–Crippen MR) is 78.7 cm³/mol. The van der Waals surface area contributed by atoms with E-state index in [-0.39, 0.29) is 18.3 Å². The Balaban J connectivity index is 1.65. The second-order valence-corrected chi connectivity index (χ2v) is 6.71. The van der Waals surface area contributed by atoms with Gasteiger partial charge in [-0.05, 0) is 49.8 Å². The molecule has 1 amide bonds. The molecule has 22 heavy (non-hydrogen) atoms. The maximum Gasteiger partial charge on any atom is 0.311 e. The SMILES string of the molecule is O=C(O)C1(CNC(=O)C2(Cc3cccc(F)c3)CCC2)CC1. The topological polar surface area (TPSA) is 66.4 Å². The van der Waals surface area contributed by atoms with Crippen LogP contribution in [0.5, 0.6) is 0 Å². The van der Waals surface area contributed by atoms with Crippen molar-refractivity contribution in [1.82, 2.24) is 5.32 Å². The second-order valence-electron chi connectivity index (χ2n) is 6.71. The summed E-state index contributed by atoms with van der Waals surface area (Å²) in [5.74, 6) is -1.22. The molecule has 1 aromatic carbocycles. The highest BCUT2D eigenvalue weighted by Crippen LogP contribution is 2.47. The van der Waals surface area contributed by atoms with Gasteiger partial charge in [0.1, 0.15) is 5.82 Å². The Labute approximate surface area is 128 Å². The number of hydrogen-bond acceptors (Lipinski definition) is 2. The van der Waals surface area contributed by atoms with Crippen molar-refractivity contribution in [3.05, 3.63) is 35.6 Å². The zero-order valence-corrected chi connectivity index (χ0v) is 12.4. The smallest absolute Gasteiger partial charge is 0.311 e. The normalized spacial score (nSPS) is 20.8. The van der Waals surface area contributed by atoms with Gasteiger partial charge < -0.3 is 10.4 Å². The zero-order valence-electron chi connectivity index (χ0n) is 12.4. The summed E-state index contributed by atoms with van der Waals surface area (Å²) < 4.78 is 13.3. The molecule has 2 fully saturated rings. The summed E-state index contributed by atoms with van der Waals surface area (Å²) in [6.07, 6.45) is 4.29. The first-order chi connectivity index (χ1) is 10.5. The standard InChI is InChI=1S/C17H20FNO3/c18-13-4-1-3-12(9-13)10-16(5-2-6-16)14(20)19-11-17(7-8-17)15(21)22/h1,3-4,9H,2,5-8,10-11H2,(H,19,20)(H,21,22). The van der Waals surface area contributed by atoms with Gasteiger partial charge >= 0.3 is 5.97 Å². The van der Waals surface area contributed by atoms with E-state index in [1.165, 1.54) is 12.1 Å². The van der Waals surface area contributed by atoms with E-state index < -0.39 is 16.8 Å². The molecule has 1 aromatic rings. The van der Waals surface area contributed by atoms with Crippen LogP contribution in [0.2, 0.25) is 0 Å². The summed E-state index contributed by atoms with van der Waals surface area (Å²) in [6, 6.07) is 6.34. The van der Waals surface area contributed by atoms with Gasteiger partial charge in [0.15, 0.2) is 0 Å². The third-order valence-electron chi connectivity index (χ3n) is 5.12. The van der Waals surface area contributed by atoms with E-state index in [1.807, 2.05) is 6.07 Å². The van der Waals surface area contributed by atoms with Crippen molar-refractivity contribution in [3.63, 3.8) is 0 Å². The lowest BCUT2D eigenvalue weighted by atomic mass is 9.64. The minimum Gasteiger partial charge on any atom is -0.481 e. The minimum atomic E-state index is -0.833. The maximum atomic E-state index is 13.3. The van der Waals surface area contributed by atoms with Gasteiger partial charge in [0.25, 0.3) is 0 Å². The molecule has 118 valence electrons. The molecule has 0 atom stereocenters. The van der Waals surface area contributed by atoms with Crippen molar-refractivity contribution < 1.29 is 19.1 Å². The van der Waals surface area contributed by atoms with E-state index in [2.05, 4.69) is 5.32 Å². The van der Waals surface area contributed by atoms with Crippen molar-refractivity contribution >= 4 is 11.9 Å². The molecule has 0 radical (unpaired) electrons. The molecule has 0 bridgehead atoms. The van der Waals surface area contributed by atoms with Crippen molar-refractivity contribution in [2.75, 3.05) is 6.54 Å². The maximum absolute atomic E-state index is 13.3. The van der Waals surface area contributed by atoms with Crippen LogP contribution in [0.15, 0.2) is 24.3 Å². The monoisotopic (exact) mass is 305 g/mol. The molecular weight excluding hydrogens is 285 g/mol. The first kappa shape index (κ1) is 15.0. The average molecular weight is 305 g/mol. The van der Waals surface area contributed by atoms with Gasteiger partial charge in [-0.15, -0.1) is 0 Å². The van der Waals surface area contributed by atoms with Gasteiger partial charge in [0.05, 0.1) is 10.8 Å². The lowest BCUT2D eigenvalue weighted by Crippen LogP contribution is -2.49. The lowest BCUT2D eigenvalue weighted by molar-refractivity contribution is -0.144. The van der Waals surface area contributed by atoms with Gasteiger partial charge in [-0.3, -0.25) is 9.59 Å². The molecular formula is C17H20FNO3. The molecule has 0 unspecified atom stereocenters. The largest absolute Gasteiger partial charge is 0.481 e. The number of amides is 1. The third-order valence-corrected chi connectivity index (χ3v) is 5.12. The fraction of sp³-hybridized carbons (Fsp3) is 0.529. The Morgan fingerprint density at radius 2 is 1.91 bits per heavy atom. The highest BCUT2D eigenvalue weighted by Gasteiger charge is 2.52. The molecule has 0 aromatic heterocycles. The summed E-state index contributed by atoms with van der Waals surface area (Å²) in [5, 5.41) is 12.0. The number of carboxylic acids is 1. The molecule has 0 spiro atoms. The number of halogens is 1. The lowest BCUT2D eigenvalue weighted by Gasteiger charge is -2.40. The molecule has 4 nitrogen and oxygen atoms in total. The molecule has 2 aliphatic carbocycles. The third kappa shape index (κ3) is 2.72. The predicted octanol–water partition coefficient (Wildman–Crippen LogP) is 2.52. The van der Waals surface area contributed by atoms with Gasteiger partial charge in [0, 0.05) is 6.54 Å². The van der Waals surface area contributed by atoms with E-state index in [0.717, 1.165) is 24.8 Å². The van der Waals surface area contributed by atoms with Crippen LogP contribution in [-0.2, 0) is 16.0 Å². The zero-order chi connectivity index (χ0) is 15.8. The fourth-order valence-corrected chi connectivity index (χ4v) is 3.18. The first-order valence-electron chi connectivity index (χ1n) is 7.72. The van der Waals surface area contributed by atoms with Gasteiger partial charge in [-0.25, -0.2) is 4.39 Å². The van der Waals surface area contributed by atoms with Crippen LogP contribution in [0.25, 0.3) is 0 Å². The van der Waals surface area contributed by atoms with E-state index in [0.29, 0.717) is 19.3 Å². The Morgan fingerprint density at radius 3 is 2.41 bits per heavy atom. The van der Waals surface area contributed by atoms with Crippen LogP contribution in [0.3, 0.4) is 0 Å². The first-order valence-corrected chi connectivity index (χ1v) is 7.72. The van der Waals surface area contributed by atoms with E-state index in [9.17, 15) is 14.0 Å². The highest BCUT2D eigenvalue weighted by molar-refractivity contribution is 5.85. The van der Waals surface area contributed by atoms with Gasteiger partial charge in [-0.1, -0.05) is 18.6 Å². The Bertz CT molecular complexity index is 606. The molecule has 3 rings (SSSR count). The number of rotatable bonds is 6. The quantitative estimate of drug-likeness (QED) is 0.848. The minimum absolute atomic E-state index is 0.0875. The van der Waals surface area contributed by atoms with Crippen LogP contribution in [-0.4, -0.2) is 23.5 Å². The van der Waals surface area contributed by atoms with Crippen molar-refractivity contribution in [2.45, 2.75) is 38.5 Å². The number of aliphatic carboxylic acids is 1. The molecule has 2 aliphatic rings. The van der Waals surface area contributed by atoms with E-state index in [4.69, 9.17) is 5.11 Å². The Hall–Kier alpha value is -1.91. The van der Waals surface area contributed by atoms with E-state index >= 15 is 0 Å². The Kier molecular flexibility index (Phi) is 3.67. The molecule has 0 aliphatic heterocycles. The molecule has 0 saturated heterocycles. The number of carbonyl (C=O) groups excluding carboxylic acids is 1. The summed E-state index contributed by atoms with van der Waals surface area (Å²) in [5.41, 5.74) is -0.434. The number of nitrogens with one attached hydrogen (secondary N) is 1. The number of carboxylic acid groups (broad SMARTS) is 1. The van der Waals surface area contributed by atoms with Crippen LogP contribution in [0, 0.1) is 16.6 Å². The van der Waals surface area contributed by atoms with Gasteiger partial charge in [0.2, 0.25) is 5.91 Å². The van der Waals surface area contributed by atoms with Crippen LogP contribution < -0.4 is 5.32 Å². The summed E-state index contributed by atoms with van der Waals surface area (Å²) >= 11 is 0. The summed E-state index contributed by atoms with van der Waals surface area (Å²) in [7, 11) is 0. The molecule has 2 saturated carbocycles. The number of carbonyl (C=O) groups is 2. The van der Waals surface area contributed by atoms with Crippen LogP contribution >= 0.6 is 0 Å². The number of hydrogen-bond donors (Lipinski definition) is 2. The van der Waals surface area contributed by atoms with Crippen molar-refractivity contribution in [3.8, 4) is 0 Å².